The third-order valence-corrected chi connectivity index (χ3v) is 6.88. The second-order valence-corrected chi connectivity index (χ2v) is 10.8. The standard InChI is InChI=1S/C34H42O12/c35-25-17-37-15-7-8-16-38-21-27(22-42-32-12-4-1-9-29(32)39-18-25)45-46-28-23-43-33-13-5-2-10-30(33)40-19-26(36)20-41-31-11-3-6-14-34(31)44-24-28/h1-6,9-14,25-28,35-36H,7-8,15-24H2. The molecular weight excluding hydrogens is 600 g/mol. The number of aliphatic hydroxyl groups is 2. The Bertz CT molecular complexity index is 1250. The number of hydrogen-bond donors (Lipinski definition) is 2. The van der Waals surface area contributed by atoms with E-state index in [0.717, 1.165) is 12.8 Å². The molecule has 0 aliphatic carbocycles. The van der Waals surface area contributed by atoms with Gasteiger partial charge < -0.3 is 48.1 Å². The molecule has 2 unspecified atom stereocenters. The number of aliphatic hydroxyl groups excluding tert-OH is 2. The van der Waals surface area contributed by atoms with E-state index in [1.165, 1.54) is 0 Å². The molecule has 3 aromatic carbocycles. The Balaban J connectivity index is 1.28. The maximum Gasteiger partial charge on any atom is 0.161 e. The molecule has 0 fully saturated rings. The summed E-state index contributed by atoms with van der Waals surface area (Å²) in [5, 5.41) is 20.6. The highest BCUT2D eigenvalue weighted by atomic mass is 17.2. The molecule has 0 saturated carbocycles. The van der Waals surface area contributed by atoms with Crippen LogP contribution in [0.5, 0.6) is 34.5 Å². The summed E-state index contributed by atoms with van der Waals surface area (Å²) < 4.78 is 47.2. The first kappa shape index (κ1) is 33.6. The molecule has 0 spiro atoms. The summed E-state index contributed by atoms with van der Waals surface area (Å²) in [5.41, 5.74) is 0. The van der Waals surface area contributed by atoms with Crippen LogP contribution in [-0.2, 0) is 19.2 Å². The highest BCUT2D eigenvalue weighted by Gasteiger charge is 2.22. The van der Waals surface area contributed by atoms with Crippen LogP contribution in [0.4, 0.5) is 0 Å². The molecular formula is C34H42O12. The summed E-state index contributed by atoms with van der Waals surface area (Å²) >= 11 is 0. The van der Waals surface area contributed by atoms with Crippen LogP contribution < -0.4 is 28.4 Å². The zero-order chi connectivity index (χ0) is 31.8. The highest BCUT2D eigenvalue weighted by Crippen LogP contribution is 2.30. The first-order chi connectivity index (χ1) is 22.6. The van der Waals surface area contributed by atoms with E-state index in [0.29, 0.717) is 47.7 Å². The van der Waals surface area contributed by atoms with E-state index in [9.17, 15) is 10.2 Å². The number of fused-ring (bicyclic) bond motifs is 3. The van der Waals surface area contributed by atoms with Crippen LogP contribution in [0.2, 0.25) is 0 Å². The van der Waals surface area contributed by atoms with Crippen molar-refractivity contribution in [2.45, 2.75) is 37.3 Å². The number of hydrogen-bond acceptors (Lipinski definition) is 12. The molecule has 2 N–H and O–H groups in total. The molecule has 46 heavy (non-hydrogen) atoms. The largest absolute Gasteiger partial charge is 0.487 e. The molecule has 2 heterocycles. The molecule has 12 heteroatoms. The molecule has 0 radical (unpaired) electrons. The third-order valence-electron chi connectivity index (χ3n) is 6.88. The van der Waals surface area contributed by atoms with Crippen LogP contribution in [0.3, 0.4) is 0 Å². The lowest BCUT2D eigenvalue weighted by atomic mass is 10.3. The van der Waals surface area contributed by atoms with Gasteiger partial charge >= 0.3 is 0 Å². The highest BCUT2D eigenvalue weighted by molar-refractivity contribution is 5.41. The Morgan fingerprint density at radius 1 is 0.413 bits per heavy atom. The topological polar surface area (TPSA) is 133 Å². The summed E-state index contributed by atoms with van der Waals surface area (Å²) in [6.45, 7) is 1.67. The van der Waals surface area contributed by atoms with Gasteiger partial charge in [0.15, 0.2) is 40.6 Å². The van der Waals surface area contributed by atoms with E-state index in [1.54, 1.807) is 36.4 Å². The average molecular weight is 643 g/mol. The quantitative estimate of drug-likeness (QED) is 0.320. The van der Waals surface area contributed by atoms with E-state index >= 15 is 0 Å². The zero-order valence-corrected chi connectivity index (χ0v) is 25.7. The van der Waals surface area contributed by atoms with Crippen molar-refractivity contribution in [3.63, 3.8) is 0 Å². The fourth-order valence-corrected chi connectivity index (χ4v) is 4.48. The summed E-state index contributed by atoms with van der Waals surface area (Å²) in [7, 11) is 0. The lowest BCUT2D eigenvalue weighted by molar-refractivity contribution is -0.364. The van der Waals surface area contributed by atoms with E-state index in [1.807, 2.05) is 36.4 Å². The fourth-order valence-electron chi connectivity index (χ4n) is 4.48. The first-order valence-electron chi connectivity index (χ1n) is 15.5. The van der Waals surface area contributed by atoms with Crippen molar-refractivity contribution in [1.29, 1.82) is 0 Å². The van der Waals surface area contributed by atoms with Crippen LogP contribution in [-0.4, -0.2) is 101 Å². The minimum Gasteiger partial charge on any atom is -0.487 e. The van der Waals surface area contributed by atoms with Crippen molar-refractivity contribution in [2.24, 2.45) is 0 Å². The monoisotopic (exact) mass is 642 g/mol. The third kappa shape index (κ3) is 10.9. The Labute approximate surface area is 268 Å². The lowest BCUT2D eigenvalue weighted by Crippen LogP contribution is -2.34. The SMILES string of the molecule is OC1COCCCCOCC(OOC2COc3ccccc3OCC(O)COc3ccccc3OC2)COc2ccccc2OC1. The second-order valence-electron chi connectivity index (χ2n) is 10.8. The molecule has 0 bridgehead atoms. The summed E-state index contributed by atoms with van der Waals surface area (Å²) in [5.74, 6) is 2.86. The molecule has 0 saturated heterocycles. The first-order valence-corrected chi connectivity index (χ1v) is 15.5. The maximum atomic E-state index is 10.4. The molecule has 3 aromatic rings. The Morgan fingerprint density at radius 3 is 1.11 bits per heavy atom. The van der Waals surface area contributed by atoms with Gasteiger partial charge in [-0.25, -0.2) is 9.78 Å². The van der Waals surface area contributed by atoms with Crippen LogP contribution in [0.1, 0.15) is 12.8 Å². The number of rotatable bonds is 3. The molecule has 2 aliphatic heterocycles. The van der Waals surface area contributed by atoms with Gasteiger partial charge in [-0.3, -0.25) is 0 Å². The normalized spacial score (nSPS) is 23.9. The van der Waals surface area contributed by atoms with Gasteiger partial charge in [0, 0.05) is 13.2 Å². The van der Waals surface area contributed by atoms with Crippen molar-refractivity contribution in [1.82, 2.24) is 0 Å². The second kappa shape index (κ2) is 18.4. The van der Waals surface area contributed by atoms with Gasteiger partial charge in [0.25, 0.3) is 0 Å². The van der Waals surface area contributed by atoms with E-state index in [2.05, 4.69) is 0 Å². The van der Waals surface area contributed by atoms with E-state index < -0.39 is 24.4 Å². The minimum absolute atomic E-state index is 0.00981. The zero-order valence-electron chi connectivity index (χ0n) is 25.7. The minimum atomic E-state index is -0.870. The molecule has 250 valence electrons. The predicted molar refractivity (Wildman–Crippen MR) is 165 cm³/mol. The van der Waals surface area contributed by atoms with E-state index in [-0.39, 0.29) is 52.9 Å². The maximum absolute atomic E-state index is 10.4. The van der Waals surface area contributed by atoms with E-state index in [4.69, 9.17) is 47.7 Å². The Hall–Kier alpha value is -3.78. The average Bonchev–Trinajstić information content (AvgIpc) is 3.08. The molecule has 2 atom stereocenters. The smallest absolute Gasteiger partial charge is 0.161 e. The summed E-state index contributed by atoms with van der Waals surface area (Å²) in [6, 6.07) is 21.5. The van der Waals surface area contributed by atoms with Crippen LogP contribution in [0, 0.1) is 0 Å². The number of benzene rings is 3. The summed E-state index contributed by atoms with van der Waals surface area (Å²) in [4.78, 5) is 11.8. The summed E-state index contributed by atoms with van der Waals surface area (Å²) in [6.07, 6.45) is -1.40. The Morgan fingerprint density at radius 2 is 0.717 bits per heavy atom. The van der Waals surface area contributed by atoms with Gasteiger partial charge in [-0.2, -0.15) is 0 Å². The van der Waals surface area contributed by atoms with Gasteiger partial charge in [-0.1, -0.05) is 36.4 Å². The van der Waals surface area contributed by atoms with Crippen molar-refractivity contribution < 1.29 is 57.9 Å². The predicted octanol–water partition coefficient (Wildman–Crippen LogP) is 3.61. The number of ether oxygens (including phenoxy) is 8. The van der Waals surface area contributed by atoms with Crippen LogP contribution >= 0.6 is 0 Å². The molecule has 2 aliphatic rings. The Kier molecular flexibility index (Phi) is 13.4. The van der Waals surface area contributed by atoms with Crippen LogP contribution in [0.15, 0.2) is 72.8 Å². The van der Waals surface area contributed by atoms with Crippen molar-refractivity contribution in [3.05, 3.63) is 72.8 Å². The fraction of sp³-hybridized carbons (Fsp3) is 0.471. The van der Waals surface area contributed by atoms with Crippen molar-refractivity contribution >= 4 is 0 Å². The van der Waals surface area contributed by atoms with Gasteiger partial charge in [0.2, 0.25) is 0 Å². The number of para-hydroxylation sites is 6. The van der Waals surface area contributed by atoms with Gasteiger partial charge in [-0.05, 0) is 49.2 Å². The van der Waals surface area contributed by atoms with Crippen molar-refractivity contribution in [3.8, 4) is 34.5 Å². The molecule has 5 rings (SSSR count). The lowest BCUT2D eigenvalue weighted by Gasteiger charge is -2.24. The van der Waals surface area contributed by atoms with Gasteiger partial charge in [-0.15, -0.1) is 0 Å². The molecule has 12 nitrogen and oxygen atoms in total. The van der Waals surface area contributed by atoms with Crippen LogP contribution in [0.25, 0.3) is 0 Å². The van der Waals surface area contributed by atoms with Gasteiger partial charge in [0.1, 0.15) is 58.0 Å². The van der Waals surface area contributed by atoms with Crippen molar-refractivity contribution in [2.75, 3.05) is 66.1 Å². The van der Waals surface area contributed by atoms with Gasteiger partial charge in [0.05, 0.1) is 13.2 Å². The molecule has 0 aromatic heterocycles. The molecule has 0 amide bonds.